The van der Waals surface area contributed by atoms with Crippen molar-refractivity contribution in [3.63, 3.8) is 0 Å². The standard InChI is InChI=1S/C14H12Cl2FIN2/c15-11-3-1-2-8(14(11)16)6-13(20-19)10-5-4-9(17)7-12(10)18/h1-5,7,13,20H,6,19H2. The first-order chi connectivity index (χ1) is 9.52. The van der Waals surface area contributed by atoms with Crippen LogP contribution in [0, 0.1) is 9.39 Å². The van der Waals surface area contributed by atoms with Gasteiger partial charge in [-0.25, -0.2) is 4.39 Å². The molecule has 0 heterocycles. The van der Waals surface area contributed by atoms with Crippen molar-refractivity contribution in [3.05, 3.63) is 67.0 Å². The monoisotopic (exact) mass is 424 g/mol. The Labute approximate surface area is 140 Å². The van der Waals surface area contributed by atoms with Crippen molar-refractivity contribution in [3.8, 4) is 0 Å². The molecule has 0 radical (unpaired) electrons. The van der Waals surface area contributed by atoms with Crippen LogP contribution in [0.15, 0.2) is 36.4 Å². The molecule has 0 amide bonds. The molecule has 0 aliphatic heterocycles. The lowest BCUT2D eigenvalue weighted by Crippen LogP contribution is -2.30. The van der Waals surface area contributed by atoms with Gasteiger partial charge in [-0.1, -0.05) is 41.4 Å². The molecule has 2 aromatic rings. The van der Waals surface area contributed by atoms with Crippen molar-refractivity contribution in [2.24, 2.45) is 5.84 Å². The average molecular weight is 425 g/mol. The first-order valence-electron chi connectivity index (χ1n) is 5.87. The molecule has 2 nitrogen and oxygen atoms in total. The van der Waals surface area contributed by atoms with Gasteiger partial charge in [0.15, 0.2) is 0 Å². The van der Waals surface area contributed by atoms with Crippen molar-refractivity contribution < 1.29 is 4.39 Å². The molecule has 0 fully saturated rings. The summed E-state index contributed by atoms with van der Waals surface area (Å²) in [5.41, 5.74) is 4.56. The molecule has 6 heteroatoms. The summed E-state index contributed by atoms with van der Waals surface area (Å²) in [6, 6.07) is 9.92. The zero-order valence-corrected chi connectivity index (χ0v) is 14.0. The molecule has 0 aromatic heterocycles. The van der Waals surface area contributed by atoms with Crippen LogP contribution >= 0.6 is 45.8 Å². The third-order valence-electron chi connectivity index (χ3n) is 2.99. The van der Waals surface area contributed by atoms with Crippen LogP contribution in [0.25, 0.3) is 0 Å². The SMILES string of the molecule is NNC(Cc1cccc(Cl)c1Cl)c1ccc(F)cc1I. The summed E-state index contributed by atoms with van der Waals surface area (Å²) in [6.07, 6.45) is 0.567. The number of hydrogen-bond donors (Lipinski definition) is 2. The summed E-state index contributed by atoms with van der Waals surface area (Å²) >= 11 is 14.3. The molecule has 0 saturated carbocycles. The first kappa shape index (κ1) is 16.0. The quantitative estimate of drug-likeness (QED) is 0.431. The Morgan fingerprint density at radius 3 is 2.65 bits per heavy atom. The Morgan fingerprint density at radius 1 is 1.25 bits per heavy atom. The zero-order chi connectivity index (χ0) is 14.7. The molecule has 1 unspecified atom stereocenters. The molecule has 106 valence electrons. The zero-order valence-electron chi connectivity index (χ0n) is 10.3. The molecule has 0 spiro atoms. The lowest BCUT2D eigenvalue weighted by atomic mass is 9.99. The highest BCUT2D eigenvalue weighted by Gasteiger charge is 2.16. The number of halogens is 4. The minimum atomic E-state index is -0.269. The van der Waals surface area contributed by atoms with Crippen molar-refractivity contribution in [1.82, 2.24) is 5.43 Å². The molecule has 20 heavy (non-hydrogen) atoms. The fourth-order valence-corrected chi connectivity index (χ4v) is 3.22. The van der Waals surface area contributed by atoms with Gasteiger partial charge in [0.25, 0.3) is 0 Å². The van der Waals surface area contributed by atoms with E-state index in [0.717, 1.165) is 14.7 Å². The van der Waals surface area contributed by atoms with E-state index in [1.165, 1.54) is 12.1 Å². The van der Waals surface area contributed by atoms with E-state index in [0.29, 0.717) is 16.5 Å². The smallest absolute Gasteiger partial charge is 0.124 e. The highest BCUT2D eigenvalue weighted by molar-refractivity contribution is 14.1. The van der Waals surface area contributed by atoms with E-state index >= 15 is 0 Å². The van der Waals surface area contributed by atoms with Crippen LogP contribution in [-0.2, 0) is 6.42 Å². The topological polar surface area (TPSA) is 38.0 Å². The van der Waals surface area contributed by atoms with E-state index in [2.05, 4.69) is 28.0 Å². The van der Waals surface area contributed by atoms with Crippen LogP contribution in [-0.4, -0.2) is 0 Å². The molecular weight excluding hydrogens is 413 g/mol. The number of benzene rings is 2. The van der Waals surface area contributed by atoms with Gasteiger partial charge >= 0.3 is 0 Å². The molecule has 2 rings (SSSR count). The first-order valence-corrected chi connectivity index (χ1v) is 7.70. The second kappa shape index (κ2) is 7.04. The van der Waals surface area contributed by atoms with E-state index in [4.69, 9.17) is 29.0 Å². The van der Waals surface area contributed by atoms with Gasteiger partial charge in [0, 0.05) is 3.57 Å². The maximum absolute atomic E-state index is 13.2. The fourth-order valence-electron chi connectivity index (χ4n) is 1.97. The van der Waals surface area contributed by atoms with Crippen molar-refractivity contribution in [1.29, 1.82) is 0 Å². The van der Waals surface area contributed by atoms with Crippen LogP contribution in [0.2, 0.25) is 10.0 Å². The van der Waals surface area contributed by atoms with E-state index in [1.54, 1.807) is 12.1 Å². The van der Waals surface area contributed by atoms with Gasteiger partial charge < -0.3 is 0 Å². The Kier molecular flexibility index (Phi) is 5.63. The van der Waals surface area contributed by atoms with Crippen molar-refractivity contribution in [2.75, 3.05) is 0 Å². The van der Waals surface area contributed by atoms with Crippen molar-refractivity contribution >= 4 is 45.8 Å². The number of nitrogens with two attached hydrogens (primary N) is 1. The largest absolute Gasteiger partial charge is 0.271 e. The second-order valence-corrected chi connectivity index (χ2v) is 6.25. The highest BCUT2D eigenvalue weighted by atomic mass is 127. The van der Waals surface area contributed by atoms with Crippen LogP contribution < -0.4 is 11.3 Å². The fraction of sp³-hybridized carbons (Fsp3) is 0.143. The van der Waals surface area contributed by atoms with Gasteiger partial charge in [-0.3, -0.25) is 11.3 Å². The van der Waals surface area contributed by atoms with E-state index in [1.807, 2.05) is 12.1 Å². The molecule has 1 atom stereocenters. The van der Waals surface area contributed by atoms with E-state index in [-0.39, 0.29) is 11.9 Å². The van der Waals surface area contributed by atoms with Gasteiger partial charge in [0.05, 0.1) is 16.1 Å². The summed E-state index contributed by atoms with van der Waals surface area (Å²) in [4.78, 5) is 0. The van der Waals surface area contributed by atoms with Crippen LogP contribution in [0.4, 0.5) is 4.39 Å². The van der Waals surface area contributed by atoms with Gasteiger partial charge in [0.1, 0.15) is 5.82 Å². The Bertz CT molecular complexity index is 622. The molecule has 3 N–H and O–H groups in total. The van der Waals surface area contributed by atoms with Gasteiger partial charge in [-0.2, -0.15) is 0 Å². The van der Waals surface area contributed by atoms with E-state index in [9.17, 15) is 4.39 Å². The third kappa shape index (κ3) is 3.62. The normalized spacial score (nSPS) is 12.4. The maximum Gasteiger partial charge on any atom is 0.124 e. The predicted octanol–water partition coefficient (Wildman–Crippen LogP) is 4.48. The minimum absolute atomic E-state index is 0.168. The summed E-state index contributed by atoms with van der Waals surface area (Å²) < 4.78 is 14.0. The summed E-state index contributed by atoms with van der Waals surface area (Å²) in [7, 11) is 0. The summed E-state index contributed by atoms with van der Waals surface area (Å²) in [5, 5.41) is 1.03. The number of hydrogen-bond acceptors (Lipinski definition) is 2. The highest BCUT2D eigenvalue weighted by Crippen LogP contribution is 2.30. The van der Waals surface area contributed by atoms with Crippen LogP contribution in [0.1, 0.15) is 17.2 Å². The Balaban J connectivity index is 2.31. The Morgan fingerprint density at radius 2 is 2.00 bits per heavy atom. The predicted molar refractivity (Wildman–Crippen MR) is 89.3 cm³/mol. The third-order valence-corrected chi connectivity index (χ3v) is 4.79. The molecule has 2 aromatic carbocycles. The molecular formula is C14H12Cl2FIN2. The van der Waals surface area contributed by atoms with Crippen molar-refractivity contribution in [2.45, 2.75) is 12.5 Å². The average Bonchev–Trinajstić information content (AvgIpc) is 2.41. The lowest BCUT2D eigenvalue weighted by Gasteiger charge is -2.19. The maximum atomic E-state index is 13.2. The van der Waals surface area contributed by atoms with Gasteiger partial charge in [-0.05, 0) is 58.3 Å². The Hall–Kier alpha value is -0.400. The number of hydrazine groups is 1. The van der Waals surface area contributed by atoms with Crippen LogP contribution in [0.3, 0.4) is 0 Å². The molecule has 0 saturated heterocycles. The lowest BCUT2D eigenvalue weighted by molar-refractivity contribution is 0.547. The van der Waals surface area contributed by atoms with Gasteiger partial charge in [0.2, 0.25) is 0 Å². The van der Waals surface area contributed by atoms with E-state index < -0.39 is 0 Å². The summed E-state index contributed by atoms with van der Waals surface area (Å²) in [6.45, 7) is 0. The van der Waals surface area contributed by atoms with Gasteiger partial charge in [-0.15, -0.1) is 0 Å². The molecule has 0 bridgehead atoms. The minimum Gasteiger partial charge on any atom is -0.271 e. The summed E-state index contributed by atoms with van der Waals surface area (Å²) in [5.74, 6) is 5.36. The van der Waals surface area contributed by atoms with Crippen LogP contribution in [0.5, 0.6) is 0 Å². The number of rotatable bonds is 4. The second-order valence-electron chi connectivity index (χ2n) is 4.30. The molecule has 0 aliphatic rings. The molecule has 0 aliphatic carbocycles. The number of nitrogens with one attached hydrogen (secondary N) is 1.